The number of nitrogens with one attached hydrogen (secondary N) is 1. The summed E-state index contributed by atoms with van der Waals surface area (Å²) in [6.07, 6.45) is 0. The van der Waals surface area contributed by atoms with E-state index in [1.807, 2.05) is 0 Å². The fraction of sp³-hybridized carbons (Fsp3) is 0.571. The zero-order chi connectivity index (χ0) is 13.0. The normalized spacial score (nSPS) is 18.6. The van der Waals surface area contributed by atoms with E-state index in [0.29, 0.717) is 0 Å². The van der Waals surface area contributed by atoms with E-state index in [-0.39, 0.29) is 11.7 Å². The molecule has 1 saturated heterocycles. The van der Waals surface area contributed by atoms with E-state index in [1.165, 1.54) is 6.07 Å². The lowest BCUT2D eigenvalue weighted by Crippen LogP contribution is -2.44. The second-order valence-corrected chi connectivity index (χ2v) is 4.84. The first kappa shape index (κ1) is 13.3. The van der Waals surface area contributed by atoms with Gasteiger partial charge < -0.3 is 15.0 Å². The lowest BCUT2D eigenvalue weighted by Gasteiger charge is -2.30. The first-order valence-corrected chi connectivity index (χ1v) is 6.47. The third-order valence-electron chi connectivity index (χ3n) is 3.46. The fourth-order valence-electron chi connectivity index (χ4n) is 2.47. The van der Waals surface area contributed by atoms with Gasteiger partial charge in [-0.2, -0.15) is 0 Å². The van der Waals surface area contributed by atoms with Crippen molar-refractivity contribution in [2.24, 2.45) is 0 Å². The first-order valence-electron chi connectivity index (χ1n) is 6.47. The van der Waals surface area contributed by atoms with Crippen LogP contribution < -0.4 is 10.1 Å². The molecule has 1 aromatic rings. The highest BCUT2D eigenvalue weighted by Gasteiger charge is 2.17. The molecule has 1 heterocycles. The minimum atomic E-state index is -0.196. The molecule has 0 amide bonds. The van der Waals surface area contributed by atoms with Crippen molar-refractivity contribution in [2.75, 3.05) is 39.8 Å². The van der Waals surface area contributed by atoms with Crippen LogP contribution in [0.2, 0.25) is 0 Å². The second kappa shape index (κ2) is 6.16. The zero-order valence-electron chi connectivity index (χ0n) is 11.1. The Kier molecular flexibility index (Phi) is 4.55. The van der Waals surface area contributed by atoms with E-state index < -0.39 is 0 Å². The Bertz CT molecular complexity index is 391. The Morgan fingerprint density at radius 1 is 1.39 bits per heavy atom. The SMILES string of the molecule is COc1ccc(F)cc1C(C)CN1CCNCC1. The maximum atomic E-state index is 13.3. The lowest BCUT2D eigenvalue weighted by molar-refractivity contribution is 0.229. The Hall–Kier alpha value is -1.13. The minimum absolute atomic E-state index is 0.196. The van der Waals surface area contributed by atoms with Crippen LogP contribution in [0, 0.1) is 5.82 Å². The lowest BCUT2D eigenvalue weighted by atomic mass is 9.99. The van der Waals surface area contributed by atoms with Gasteiger partial charge in [0.05, 0.1) is 7.11 Å². The van der Waals surface area contributed by atoms with Crippen LogP contribution in [0.4, 0.5) is 4.39 Å². The van der Waals surface area contributed by atoms with Crippen molar-refractivity contribution in [3.8, 4) is 5.75 Å². The summed E-state index contributed by atoms with van der Waals surface area (Å²) in [5.41, 5.74) is 0.955. The molecule has 1 N–H and O–H groups in total. The molecule has 0 spiro atoms. The van der Waals surface area contributed by atoms with Crippen LogP contribution in [-0.2, 0) is 0 Å². The van der Waals surface area contributed by atoms with Crippen molar-refractivity contribution in [2.45, 2.75) is 12.8 Å². The number of ether oxygens (including phenoxy) is 1. The van der Waals surface area contributed by atoms with Crippen LogP contribution in [0.3, 0.4) is 0 Å². The number of piperazine rings is 1. The van der Waals surface area contributed by atoms with Crippen molar-refractivity contribution in [1.29, 1.82) is 0 Å². The molecule has 1 fully saturated rings. The summed E-state index contributed by atoms with van der Waals surface area (Å²) >= 11 is 0. The molecular weight excluding hydrogens is 231 g/mol. The average Bonchev–Trinajstić information content (AvgIpc) is 2.40. The highest BCUT2D eigenvalue weighted by Crippen LogP contribution is 2.28. The van der Waals surface area contributed by atoms with Gasteiger partial charge in [0, 0.05) is 38.3 Å². The molecule has 18 heavy (non-hydrogen) atoms. The van der Waals surface area contributed by atoms with Gasteiger partial charge in [0.15, 0.2) is 0 Å². The van der Waals surface area contributed by atoms with E-state index in [2.05, 4.69) is 17.1 Å². The average molecular weight is 252 g/mol. The van der Waals surface area contributed by atoms with E-state index in [9.17, 15) is 4.39 Å². The van der Waals surface area contributed by atoms with Gasteiger partial charge in [0.2, 0.25) is 0 Å². The molecule has 1 unspecified atom stereocenters. The summed E-state index contributed by atoms with van der Waals surface area (Å²) in [6.45, 7) is 7.25. The monoisotopic (exact) mass is 252 g/mol. The maximum absolute atomic E-state index is 13.3. The summed E-state index contributed by atoms with van der Waals surface area (Å²) in [4.78, 5) is 2.41. The van der Waals surface area contributed by atoms with Crippen molar-refractivity contribution in [1.82, 2.24) is 10.2 Å². The topological polar surface area (TPSA) is 24.5 Å². The molecule has 0 radical (unpaired) electrons. The summed E-state index contributed by atoms with van der Waals surface area (Å²) in [7, 11) is 1.63. The molecule has 3 nitrogen and oxygen atoms in total. The predicted molar refractivity (Wildman–Crippen MR) is 70.7 cm³/mol. The van der Waals surface area contributed by atoms with E-state index in [4.69, 9.17) is 4.74 Å². The Morgan fingerprint density at radius 2 is 2.11 bits per heavy atom. The number of rotatable bonds is 4. The third kappa shape index (κ3) is 3.21. The van der Waals surface area contributed by atoms with Gasteiger partial charge in [-0.3, -0.25) is 0 Å². The Morgan fingerprint density at radius 3 is 2.78 bits per heavy atom. The molecule has 1 atom stereocenters. The van der Waals surface area contributed by atoms with Gasteiger partial charge in [-0.05, 0) is 24.1 Å². The fourth-order valence-corrected chi connectivity index (χ4v) is 2.47. The molecule has 100 valence electrons. The highest BCUT2D eigenvalue weighted by molar-refractivity contribution is 5.36. The Labute approximate surface area is 108 Å². The number of halogens is 1. The van der Waals surface area contributed by atoms with Gasteiger partial charge in [0.1, 0.15) is 11.6 Å². The molecule has 0 bridgehead atoms. The second-order valence-electron chi connectivity index (χ2n) is 4.84. The number of hydrogen-bond donors (Lipinski definition) is 1. The first-order chi connectivity index (χ1) is 8.70. The molecule has 1 aliphatic heterocycles. The van der Waals surface area contributed by atoms with Gasteiger partial charge in [-0.15, -0.1) is 0 Å². The number of benzene rings is 1. The molecular formula is C14H21FN2O. The van der Waals surface area contributed by atoms with E-state index >= 15 is 0 Å². The largest absolute Gasteiger partial charge is 0.496 e. The van der Waals surface area contributed by atoms with Crippen LogP contribution >= 0.6 is 0 Å². The van der Waals surface area contributed by atoms with Gasteiger partial charge in [-0.25, -0.2) is 4.39 Å². The molecule has 1 aliphatic rings. The molecule has 1 aromatic carbocycles. The van der Waals surface area contributed by atoms with Crippen LogP contribution in [-0.4, -0.2) is 44.7 Å². The smallest absolute Gasteiger partial charge is 0.123 e. The van der Waals surface area contributed by atoms with E-state index in [1.54, 1.807) is 19.2 Å². The minimum Gasteiger partial charge on any atom is -0.496 e. The van der Waals surface area contributed by atoms with E-state index in [0.717, 1.165) is 44.0 Å². The van der Waals surface area contributed by atoms with Crippen LogP contribution in [0.1, 0.15) is 18.4 Å². The molecule has 4 heteroatoms. The quantitative estimate of drug-likeness (QED) is 0.885. The predicted octanol–water partition coefficient (Wildman–Crippen LogP) is 1.84. The standard InChI is InChI=1S/C14H21FN2O/c1-11(10-17-7-5-16-6-8-17)13-9-12(15)3-4-14(13)18-2/h3-4,9,11,16H,5-8,10H2,1-2H3. The highest BCUT2D eigenvalue weighted by atomic mass is 19.1. The van der Waals surface area contributed by atoms with Crippen LogP contribution in [0.15, 0.2) is 18.2 Å². The van der Waals surface area contributed by atoms with Crippen molar-refractivity contribution in [3.05, 3.63) is 29.6 Å². The van der Waals surface area contributed by atoms with Gasteiger partial charge in [-0.1, -0.05) is 6.92 Å². The van der Waals surface area contributed by atoms with Gasteiger partial charge in [0.25, 0.3) is 0 Å². The number of nitrogens with zero attached hydrogens (tertiary/aromatic N) is 1. The number of hydrogen-bond acceptors (Lipinski definition) is 3. The number of methoxy groups -OCH3 is 1. The summed E-state index contributed by atoms with van der Waals surface area (Å²) < 4.78 is 18.7. The van der Waals surface area contributed by atoms with Crippen molar-refractivity contribution < 1.29 is 9.13 Å². The molecule has 2 rings (SSSR count). The van der Waals surface area contributed by atoms with Crippen molar-refractivity contribution in [3.63, 3.8) is 0 Å². The summed E-state index contributed by atoms with van der Waals surface area (Å²) in [6, 6.07) is 4.74. The molecule has 0 aromatic heterocycles. The van der Waals surface area contributed by atoms with Crippen molar-refractivity contribution >= 4 is 0 Å². The van der Waals surface area contributed by atoms with Gasteiger partial charge >= 0.3 is 0 Å². The molecule has 0 aliphatic carbocycles. The van der Waals surface area contributed by atoms with Crippen LogP contribution in [0.5, 0.6) is 5.75 Å². The Balaban J connectivity index is 2.07. The third-order valence-corrected chi connectivity index (χ3v) is 3.46. The van der Waals surface area contributed by atoms with Crippen LogP contribution in [0.25, 0.3) is 0 Å². The summed E-state index contributed by atoms with van der Waals surface area (Å²) in [5.74, 6) is 0.853. The maximum Gasteiger partial charge on any atom is 0.123 e. The summed E-state index contributed by atoms with van der Waals surface area (Å²) in [5, 5.41) is 3.33. The zero-order valence-corrected chi connectivity index (χ0v) is 11.1. The molecule has 0 saturated carbocycles.